The summed E-state index contributed by atoms with van der Waals surface area (Å²) < 4.78 is 5.55. The Bertz CT molecular complexity index is 629. The molecule has 0 bridgehead atoms. The molecular formula is C26H36O. The molecule has 2 saturated carbocycles. The number of benzene rings is 1. The highest BCUT2D eigenvalue weighted by atomic mass is 16.5. The molecule has 2 aliphatic rings. The van der Waals surface area contributed by atoms with Crippen molar-refractivity contribution in [2.75, 3.05) is 6.61 Å². The van der Waals surface area contributed by atoms with Crippen molar-refractivity contribution in [1.82, 2.24) is 0 Å². The average molecular weight is 365 g/mol. The highest BCUT2D eigenvalue weighted by Crippen LogP contribution is 2.36. The van der Waals surface area contributed by atoms with Crippen molar-refractivity contribution >= 4 is 0 Å². The lowest BCUT2D eigenvalue weighted by molar-refractivity contribution is 0.304. The molecule has 0 radical (unpaired) electrons. The maximum atomic E-state index is 5.55. The maximum absolute atomic E-state index is 5.55. The highest BCUT2D eigenvalue weighted by molar-refractivity contribution is 5.30. The van der Waals surface area contributed by atoms with Crippen LogP contribution in [0.3, 0.4) is 0 Å². The Kier molecular flexibility index (Phi) is 7.88. The first kappa shape index (κ1) is 20.1. The van der Waals surface area contributed by atoms with Crippen molar-refractivity contribution in [1.29, 1.82) is 0 Å². The smallest absolute Gasteiger partial charge is 0.119 e. The van der Waals surface area contributed by atoms with Gasteiger partial charge in [0.1, 0.15) is 5.75 Å². The zero-order valence-corrected chi connectivity index (χ0v) is 17.3. The molecule has 3 rings (SSSR count). The summed E-state index contributed by atoms with van der Waals surface area (Å²) in [4.78, 5) is 0. The molecule has 0 spiro atoms. The molecule has 2 fully saturated rings. The van der Waals surface area contributed by atoms with Gasteiger partial charge in [0.15, 0.2) is 0 Å². The first-order chi connectivity index (χ1) is 13.3. The number of hydrogen-bond donors (Lipinski definition) is 0. The number of ether oxygens (including phenoxy) is 1. The molecule has 0 amide bonds. The topological polar surface area (TPSA) is 9.23 Å². The molecule has 1 aromatic rings. The maximum Gasteiger partial charge on any atom is 0.119 e. The van der Waals surface area contributed by atoms with Crippen molar-refractivity contribution < 1.29 is 4.74 Å². The van der Waals surface area contributed by atoms with Gasteiger partial charge < -0.3 is 4.74 Å². The summed E-state index contributed by atoms with van der Waals surface area (Å²) >= 11 is 0. The lowest BCUT2D eigenvalue weighted by atomic mass is 9.79. The zero-order chi connectivity index (χ0) is 18.9. The predicted octanol–water partition coefficient (Wildman–Crippen LogP) is 7.14. The number of hydrogen-bond acceptors (Lipinski definition) is 1. The molecule has 1 aromatic carbocycles. The molecule has 1 nitrogen and oxygen atoms in total. The molecule has 2 aliphatic carbocycles. The third-order valence-electron chi connectivity index (χ3n) is 6.60. The Balaban J connectivity index is 1.41. The van der Waals surface area contributed by atoms with Crippen LogP contribution >= 0.6 is 0 Å². The van der Waals surface area contributed by atoms with Crippen molar-refractivity contribution in [3.05, 3.63) is 42.0 Å². The summed E-state index contributed by atoms with van der Waals surface area (Å²) in [6, 6.07) is 8.72. The fraction of sp³-hybridized carbons (Fsp3) is 0.615. The quantitative estimate of drug-likeness (QED) is 0.505. The molecule has 0 N–H and O–H groups in total. The summed E-state index contributed by atoms with van der Waals surface area (Å²) in [5.74, 6) is 10.9. The zero-order valence-electron chi connectivity index (χ0n) is 17.3. The van der Waals surface area contributed by atoms with Crippen LogP contribution in [0.1, 0.15) is 83.1 Å². The van der Waals surface area contributed by atoms with Crippen LogP contribution in [-0.2, 0) is 0 Å². The van der Waals surface area contributed by atoms with Crippen LogP contribution in [0.5, 0.6) is 5.75 Å². The van der Waals surface area contributed by atoms with Crippen LogP contribution in [0.4, 0.5) is 0 Å². The molecule has 27 heavy (non-hydrogen) atoms. The van der Waals surface area contributed by atoms with E-state index in [-0.39, 0.29) is 0 Å². The third kappa shape index (κ3) is 6.17. The summed E-state index contributed by atoms with van der Waals surface area (Å²) in [7, 11) is 0. The Labute approximate surface area is 166 Å². The standard InChI is InChI=1S/C26H36O/c1-3-21-9-11-22(12-10-21)7-5-6-8-23-13-15-24(16-14-23)25-17-19-26(20-18-25)27-4-2/h5,7,17-24H,3-4,9-16H2,1-2H3/b7-5+/t21-,22-,23-,24-. The Morgan fingerprint density at radius 2 is 1.63 bits per heavy atom. The fourth-order valence-corrected chi connectivity index (χ4v) is 4.71. The molecule has 0 aliphatic heterocycles. The van der Waals surface area contributed by atoms with Crippen LogP contribution in [0, 0.1) is 29.6 Å². The Morgan fingerprint density at radius 3 is 2.26 bits per heavy atom. The van der Waals surface area contributed by atoms with Gasteiger partial charge in [-0.3, -0.25) is 0 Å². The lowest BCUT2D eigenvalue weighted by Crippen LogP contribution is -2.12. The van der Waals surface area contributed by atoms with Gasteiger partial charge in [-0.25, -0.2) is 0 Å². The van der Waals surface area contributed by atoms with E-state index in [1.165, 1.54) is 63.4 Å². The van der Waals surface area contributed by atoms with Gasteiger partial charge in [0.2, 0.25) is 0 Å². The highest BCUT2D eigenvalue weighted by Gasteiger charge is 2.21. The van der Waals surface area contributed by atoms with E-state index in [0.29, 0.717) is 11.8 Å². The summed E-state index contributed by atoms with van der Waals surface area (Å²) in [6.45, 7) is 5.09. The van der Waals surface area contributed by atoms with Crippen LogP contribution in [0.15, 0.2) is 36.4 Å². The molecule has 0 aromatic heterocycles. The first-order valence-corrected chi connectivity index (χ1v) is 11.2. The van der Waals surface area contributed by atoms with Gasteiger partial charge in [-0.2, -0.15) is 0 Å². The van der Waals surface area contributed by atoms with Crippen molar-refractivity contribution in [3.63, 3.8) is 0 Å². The molecule has 0 heterocycles. The number of allylic oxidation sites excluding steroid dienone is 2. The van der Waals surface area contributed by atoms with E-state index in [4.69, 9.17) is 4.74 Å². The van der Waals surface area contributed by atoms with Gasteiger partial charge >= 0.3 is 0 Å². The minimum atomic E-state index is 0.587. The van der Waals surface area contributed by atoms with Gasteiger partial charge in [-0.1, -0.05) is 43.4 Å². The largest absolute Gasteiger partial charge is 0.494 e. The fourth-order valence-electron chi connectivity index (χ4n) is 4.71. The van der Waals surface area contributed by atoms with Crippen LogP contribution in [-0.4, -0.2) is 6.61 Å². The molecule has 1 heteroatoms. The molecule has 0 unspecified atom stereocenters. The molecular weight excluding hydrogens is 328 g/mol. The van der Waals surface area contributed by atoms with Crippen LogP contribution in [0.2, 0.25) is 0 Å². The Hall–Kier alpha value is -1.68. The second-order valence-corrected chi connectivity index (χ2v) is 8.39. The summed E-state index contributed by atoms with van der Waals surface area (Å²) in [5.41, 5.74) is 1.47. The lowest BCUT2D eigenvalue weighted by Gasteiger charge is -2.26. The van der Waals surface area contributed by atoms with E-state index in [9.17, 15) is 0 Å². The minimum absolute atomic E-state index is 0.587. The second-order valence-electron chi connectivity index (χ2n) is 8.39. The second kappa shape index (κ2) is 10.6. The molecule has 146 valence electrons. The number of rotatable bonds is 5. The summed E-state index contributed by atoms with van der Waals surface area (Å²) in [5, 5.41) is 0. The van der Waals surface area contributed by atoms with Crippen molar-refractivity contribution in [3.8, 4) is 17.6 Å². The first-order valence-electron chi connectivity index (χ1n) is 11.2. The van der Waals surface area contributed by atoms with Crippen LogP contribution < -0.4 is 4.74 Å². The van der Waals surface area contributed by atoms with Gasteiger partial charge in [0.25, 0.3) is 0 Å². The van der Waals surface area contributed by atoms with Gasteiger partial charge in [-0.15, -0.1) is 0 Å². The van der Waals surface area contributed by atoms with Gasteiger partial charge in [0, 0.05) is 5.92 Å². The third-order valence-corrected chi connectivity index (χ3v) is 6.60. The van der Waals surface area contributed by atoms with E-state index in [1.54, 1.807) is 0 Å². The normalized spacial score (nSPS) is 28.5. The Morgan fingerprint density at radius 1 is 0.926 bits per heavy atom. The van der Waals surface area contributed by atoms with Crippen molar-refractivity contribution in [2.45, 2.75) is 77.6 Å². The molecule has 0 saturated heterocycles. The van der Waals surface area contributed by atoms with E-state index in [1.807, 2.05) is 6.92 Å². The van der Waals surface area contributed by atoms with Gasteiger partial charge in [0.05, 0.1) is 6.61 Å². The van der Waals surface area contributed by atoms with E-state index >= 15 is 0 Å². The van der Waals surface area contributed by atoms with Crippen LogP contribution in [0.25, 0.3) is 0 Å². The monoisotopic (exact) mass is 364 g/mol. The molecule has 0 atom stereocenters. The van der Waals surface area contributed by atoms with Crippen molar-refractivity contribution in [2.24, 2.45) is 17.8 Å². The SMILES string of the molecule is CCOc1ccc([C@H]2CC[C@H](C#C/C=C/[C@H]3CC[C@H](CC)CC3)CC2)cc1. The van der Waals surface area contributed by atoms with Gasteiger partial charge in [-0.05, 0) is 99.8 Å². The average Bonchev–Trinajstić information content (AvgIpc) is 2.73. The van der Waals surface area contributed by atoms with E-state index < -0.39 is 0 Å². The van der Waals surface area contributed by atoms with E-state index in [2.05, 4.69) is 55.2 Å². The minimum Gasteiger partial charge on any atom is -0.494 e. The summed E-state index contributed by atoms with van der Waals surface area (Å²) in [6.07, 6.45) is 16.4. The predicted molar refractivity (Wildman–Crippen MR) is 115 cm³/mol. The van der Waals surface area contributed by atoms with E-state index in [0.717, 1.165) is 24.2 Å².